The van der Waals surface area contributed by atoms with Crippen molar-refractivity contribution in [2.24, 2.45) is 0 Å². The SMILES string of the molecule is CCN(CSOOO)c1ccc(C=c2c(=O)c(=Cc3ccc(N(CC)CS(=O)(=O)O)cc3)c2=O)cc1. The van der Waals surface area contributed by atoms with Gasteiger partial charge in [-0.3, -0.25) is 14.1 Å². The smallest absolute Gasteiger partial charge is 0.283 e. The molecule has 0 amide bonds. The molecule has 0 aliphatic carbocycles. The topological polar surface area (TPSA) is 134 Å². The van der Waals surface area contributed by atoms with Crippen molar-refractivity contribution in [2.75, 3.05) is 34.6 Å². The van der Waals surface area contributed by atoms with Crippen molar-refractivity contribution in [2.45, 2.75) is 13.8 Å². The molecule has 0 heterocycles. The molecule has 0 aromatic heterocycles. The zero-order valence-electron chi connectivity index (χ0n) is 19.7. The molecule has 0 saturated carbocycles. The van der Waals surface area contributed by atoms with Crippen LogP contribution in [0.4, 0.5) is 11.4 Å². The molecule has 3 aromatic carbocycles. The molecule has 3 rings (SSSR count). The fraction of sp³-hybridized carbons (Fsp3) is 0.250. The van der Waals surface area contributed by atoms with Crippen LogP contribution in [0.25, 0.3) is 12.2 Å². The zero-order chi connectivity index (χ0) is 26.3. The summed E-state index contributed by atoms with van der Waals surface area (Å²) in [5.41, 5.74) is 2.11. The van der Waals surface area contributed by atoms with Crippen LogP contribution in [0.1, 0.15) is 25.0 Å². The van der Waals surface area contributed by atoms with Crippen molar-refractivity contribution in [3.63, 3.8) is 0 Å². The normalized spacial score (nSPS) is 11.4. The van der Waals surface area contributed by atoms with Crippen molar-refractivity contribution in [3.8, 4) is 0 Å². The Morgan fingerprint density at radius 2 is 1.28 bits per heavy atom. The Balaban J connectivity index is 1.79. The Labute approximate surface area is 212 Å². The summed E-state index contributed by atoms with van der Waals surface area (Å²) in [6, 6.07) is 14.0. The molecular weight excluding hydrogens is 508 g/mol. The summed E-state index contributed by atoms with van der Waals surface area (Å²) in [5, 5.41) is 12.0. The first-order valence-corrected chi connectivity index (χ1v) is 13.5. The van der Waals surface area contributed by atoms with Crippen molar-refractivity contribution >= 4 is 45.7 Å². The molecule has 3 aromatic rings. The van der Waals surface area contributed by atoms with Crippen molar-refractivity contribution in [3.05, 3.63) is 90.5 Å². The van der Waals surface area contributed by atoms with Gasteiger partial charge in [-0.25, -0.2) is 5.26 Å². The monoisotopic (exact) mass is 534 g/mol. The van der Waals surface area contributed by atoms with E-state index in [9.17, 15) is 18.0 Å². The fourth-order valence-corrected chi connectivity index (χ4v) is 4.86. The lowest BCUT2D eigenvalue weighted by molar-refractivity contribution is -0.432. The van der Waals surface area contributed by atoms with Gasteiger partial charge in [-0.05, 0) is 61.4 Å². The van der Waals surface area contributed by atoms with Gasteiger partial charge in [0, 0.05) is 24.5 Å². The van der Waals surface area contributed by atoms with Gasteiger partial charge in [-0.2, -0.15) is 8.42 Å². The third-order valence-electron chi connectivity index (χ3n) is 5.49. The maximum absolute atomic E-state index is 12.6. The van der Waals surface area contributed by atoms with E-state index in [2.05, 4.69) is 9.37 Å². The minimum absolute atomic E-state index is 0.0798. The van der Waals surface area contributed by atoms with Crippen LogP contribution in [0.5, 0.6) is 0 Å². The van der Waals surface area contributed by atoms with E-state index in [0.29, 0.717) is 35.8 Å². The van der Waals surface area contributed by atoms with Crippen LogP contribution in [0.2, 0.25) is 0 Å². The highest BCUT2D eigenvalue weighted by molar-refractivity contribution is 7.94. The van der Waals surface area contributed by atoms with Gasteiger partial charge in [0.25, 0.3) is 10.1 Å². The molecule has 12 heteroatoms. The maximum Gasteiger partial charge on any atom is 0.283 e. The third-order valence-corrected chi connectivity index (χ3v) is 6.70. The summed E-state index contributed by atoms with van der Waals surface area (Å²) in [4.78, 5) is 28.7. The second kappa shape index (κ2) is 12.3. The molecular formula is C24H26N2O8S2. The highest BCUT2D eigenvalue weighted by atomic mass is 32.2. The Kier molecular flexibility index (Phi) is 9.43. The first-order chi connectivity index (χ1) is 17.2. The summed E-state index contributed by atoms with van der Waals surface area (Å²) in [6.45, 7) is 4.78. The first-order valence-electron chi connectivity index (χ1n) is 10.9. The van der Waals surface area contributed by atoms with Gasteiger partial charge in [0.1, 0.15) is 5.88 Å². The summed E-state index contributed by atoms with van der Waals surface area (Å²) in [5.74, 6) is -0.112. The molecule has 0 unspecified atom stereocenters. The molecule has 0 spiro atoms. The van der Waals surface area contributed by atoms with Crippen molar-refractivity contribution < 1.29 is 27.6 Å². The second-order valence-electron chi connectivity index (χ2n) is 7.77. The highest BCUT2D eigenvalue weighted by Gasteiger charge is 2.13. The van der Waals surface area contributed by atoms with Gasteiger partial charge in [-0.1, -0.05) is 29.3 Å². The Hall–Kier alpha value is -3.00. The first kappa shape index (κ1) is 27.6. The molecule has 2 N–H and O–H groups in total. The van der Waals surface area contributed by atoms with E-state index in [1.54, 1.807) is 49.4 Å². The number of hydrogen-bond donors (Lipinski definition) is 2. The average Bonchev–Trinajstić information content (AvgIpc) is 2.87. The summed E-state index contributed by atoms with van der Waals surface area (Å²) >= 11 is 0.925. The van der Waals surface area contributed by atoms with Gasteiger partial charge in [0.2, 0.25) is 10.9 Å². The van der Waals surface area contributed by atoms with Crippen LogP contribution in [-0.4, -0.2) is 43.1 Å². The molecule has 192 valence electrons. The number of rotatable bonds is 12. The molecule has 0 atom stereocenters. The van der Waals surface area contributed by atoms with Crippen molar-refractivity contribution in [1.29, 1.82) is 0 Å². The predicted octanol–water partition coefficient (Wildman–Crippen LogP) is 1.47. The lowest BCUT2D eigenvalue weighted by Crippen LogP contribution is -2.64. The Morgan fingerprint density at radius 1 is 0.833 bits per heavy atom. The fourth-order valence-electron chi connectivity index (χ4n) is 3.59. The van der Waals surface area contributed by atoms with Crippen LogP contribution in [0, 0.1) is 0 Å². The molecule has 0 fully saturated rings. The number of benzene rings is 2. The van der Waals surface area contributed by atoms with E-state index in [1.807, 2.05) is 24.0 Å². The lowest BCUT2D eigenvalue weighted by atomic mass is 10.1. The van der Waals surface area contributed by atoms with Crippen LogP contribution < -0.4 is 31.1 Å². The number of nitrogens with zero attached hydrogens (tertiary/aromatic N) is 2. The molecule has 36 heavy (non-hydrogen) atoms. The molecule has 0 aliphatic heterocycles. The van der Waals surface area contributed by atoms with E-state index >= 15 is 0 Å². The number of anilines is 2. The standard InChI is InChI=1S/C24H26N2O8S2/c1-3-25(15-35-34-33-29)19-9-5-17(6-10-19)13-21-23(27)22(24(21)28)14-18-7-11-20(12-8-18)26(4-2)16-36(30,31)32/h5-14,29H,3-4,15-16H2,1-2H3,(H,30,31,32). The van der Waals surface area contributed by atoms with Gasteiger partial charge >= 0.3 is 0 Å². The average molecular weight is 535 g/mol. The van der Waals surface area contributed by atoms with Gasteiger partial charge in [0.15, 0.2) is 0 Å². The quantitative estimate of drug-likeness (QED) is 0.0874. The summed E-state index contributed by atoms with van der Waals surface area (Å²) in [7, 11) is -4.17. The Morgan fingerprint density at radius 3 is 1.67 bits per heavy atom. The van der Waals surface area contributed by atoms with Gasteiger partial charge < -0.3 is 9.80 Å². The molecule has 0 bridgehead atoms. The maximum atomic E-state index is 12.6. The van der Waals surface area contributed by atoms with Crippen LogP contribution in [-0.2, 0) is 19.5 Å². The second-order valence-corrected chi connectivity index (χ2v) is 9.82. The van der Waals surface area contributed by atoms with Gasteiger partial charge in [-0.15, -0.1) is 4.33 Å². The highest BCUT2D eigenvalue weighted by Crippen LogP contribution is 2.19. The lowest BCUT2D eigenvalue weighted by Gasteiger charge is -2.21. The van der Waals surface area contributed by atoms with Crippen LogP contribution in [0.3, 0.4) is 0 Å². The van der Waals surface area contributed by atoms with Gasteiger partial charge in [0.05, 0.1) is 28.4 Å². The zero-order valence-corrected chi connectivity index (χ0v) is 21.3. The molecule has 0 radical (unpaired) electrons. The Bertz CT molecular complexity index is 1430. The van der Waals surface area contributed by atoms with E-state index < -0.39 is 16.0 Å². The summed E-state index contributed by atoms with van der Waals surface area (Å²) in [6.07, 6.45) is 3.06. The largest absolute Gasteiger partial charge is 0.360 e. The third kappa shape index (κ3) is 7.03. The van der Waals surface area contributed by atoms with Crippen LogP contribution >= 0.6 is 12.0 Å². The molecule has 0 saturated heterocycles. The molecule has 0 aliphatic rings. The summed E-state index contributed by atoms with van der Waals surface area (Å²) < 4.78 is 35.9. The van der Waals surface area contributed by atoms with E-state index in [4.69, 9.17) is 9.81 Å². The molecule has 10 nitrogen and oxygen atoms in total. The minimum Gasteiger partial charge on any atom is -0.360 e. The van der Waals surface area contributed by atoms with E-state index in [0.717, 1.165) is 17.7 Å². The van der Waals surface area contributed by atoms with Crippen molar-refractivity contribution in [1.82, 2.24) is 0 Å². The predicted molar refractivity (Wildman–Crippen MR) is 140 cm³/mol. The minimum atomic E-state index is -4.17. The van der Waals surface area contributed by atoms with Crippen LogP contribution in [0.15, 0.2) is 58.1 Å². The number of hydrogen-bond acceptors (Lipinski definition) is 10. The van der Waals surface area contributed by atoms with E-state index in [1.165, 1.54) is 11.0 Å². The van der Waals surface area contributed by atoms with E-state index in [-0.39, 0.29) is 21.3 Å².